The van der Waals surface area contributed by atoms with Crippen molar-refractivity contribution in [1.82, 2.24) is 9.80 Å². The molecular formula is C19H26N2O4S. The van der Waals surface area contributed by atoms with Crippen LogP contribution in [0.15, 0.2) is 35.2 Å². The Balaban J connectivity index is 1.55. The van der Waals surface area contributed by atoms with Crippen LogP contribution >= 0.6 is 0 Å². The summed E-state index contributed by atoms with van der Waals surface area (Å²) in [7, 11) is -3.33. The van der Waals surface area contributed by atoms with Gasteiger partial charge in [0.25, 0.3) is 0 Å². The second kappa shape index (κ2) is 7.78. The molecule has 0 bridgehead atoms. The molecule has 3 rings (SSSR count). The van der Waals surface area contributed by atoms with Crippen LogP contribution in [0.4, 0.5) is 0 Å². The lowest BCUT2D eigenvalue weighted by atomic mass is 9.94. The Morgan fingerprint density at radius 2 is 1.42 bits per heavy atom. The summed E-state index contributed by atoms with van der Waals surface area (Å²) >= 11 is 0. The molecule has 0 unspecified atom stereocenters. The average molecular weight is 378 g/mol. The van der Waals surface area contributed by atoms with E-state index in [0.717, 1.165) is 0 Å². The van der Waals surface area contributed by atoms with Crippen LogP contribution in [0.1, 0.15) is 32.6 Å². The molecule has 26 heavy (non-hydrogen) atoms. The molecular weight excluding hydrogens is 352 g/mol. The minimum atomic E-state index is -3.33. The number of benzene rings is 1. The van der Waals surface area contributed by atoms with Gasteiger partial charge in [-0.05, 0) is 37.8 Å². The molecule has 2 heterocycles. The van der Waals surface area contributed by atoms with E-state index < -0.39 is 15.1 Å². The van der Waals surface area contributed by atoms with Crippen molar-refractivity contribution < 1.29 is 18.0 Å². The summed E-state index contributed by atoms with van der Waals surface area (Å²) in [5.74, 6) is 0.125. The summed E-state index contributed by atoms with van der Waals surface area (Å²) in [6, 6.07) is 8.54. The summed E-state index contributed by atoms with van der Waals surface area (Å²) in [6.07, 6.45) is 2.35. The highest BCUT2D eigenvalue weighted by Crippen LogP contribution is 2.27. The van der Waals surface area contributed by atoms with Crippen LogP contribution in [-0.4, -0.2) is 61.5 Å². The van der Waals surface area contributed by atoms with Crippen LogP contribution in [0, 0.1) is 5.92 Å². The van der Waals surface area contributed by atoms with Crippen molar-refractivity contribution in [2.24, 2.45) is 5.92 Å². The minimum absolute atomic E-state index is 0.0483. The van der Waals surface area contributed by atoms with Gasteiger partial charge in [-0.2, -0.15) is 0 Å². The Kier molecular flexibility index (Phi) is 5.65. The second-order valence-electron chi connectivity index (χ2n) is 7.16. The molecule has 0 spiro atoms. The SMILES string of the molecule is CC(=O)N1CCC(C(=O)N2CCC(S(=O)(=O)c3ccccc3)CC2)CC1. The number of sulfone groups is 1. The number of likely N-dealkylation sites (tertiary alicyclic amines) is 2. The van der Waals surface area contributed by atoms with Crippen LogP contribution < -0.4 is 0 Å². The molecule has 2 fully saturated rings. The molecule has 2 saturated heterocycles. The van der Waals surface area contributed by atoms with Crippen LogP contribution in [0.5, 0.6) is 0 Å². The van der Waals surface area contributed by atoms with Gasteiger partial charge in [0.2, 0.25) is 11.8 Å². The van der Waals surface area contributed by atoms with Gasteiger partial charge in [-0.25, -0.2) is 8.42 Å². The van der Waals surface area contributed by atoms with Crippen molar-refractivity contribution in [3.8, 4) is 0 Å². The molecule has 0 aliphatic carbocycles. The fraction of sp³-hybridized carbons (Fsp3) is 0.579. The number of nitrogens with zero attached hydrogens (tertiary/aromatic N) is 2. The monoisotopic (exact) mass is 378 g/mol. The lowest BCUT2D eigenvalue weighted by Crippen LogP contribution is -2.47. The molecule has 6 nitrogen and oxygen atoms in total. The summed E-state index contributed by atoms with van der Waals surface area (Å²) in [5.41, 5.74) is 0. The number of rotatable bonds is 3. The molecule has 0 saturated carbocycles. The summed E-state index contributed by atoms with van der Waals surface area (Å²) in [4.78, 5) is 28.1. The number of carbonyl (C=O) groups is 2. The van der Waals surface area contributed by atoms with Gasteiger partial charge in [-0.3, -0.25) is 9.59 Å². The zero-order chi connectivity index (χ0) is 18.7. The lowest BCUT2D eigenvalue weighted by molar-refractivity contribution is -0.140. The van der Waals surface area contributed by atoms with E-state index in [4.69, 9.17) is 0 Å². The zero-order valence-electron chi connectivity index (χ0n) is 15.1. The first kappa shape index (κ1) is 18.9. The Bertz CT molecular complexity index is 747. The Morgan fingerprint density at radius 1 is 0.885 bits per heavy atom. The van der Waals surface area contributed by atoms with Crippen LogP contribution in [-0.2, 0) is 19.4 Å². The summed E-state index contributed by atoms with van der Waals surface area (Å²) in [6.45, 7) is 3.79. The van der Waals surface area contributed by atoms with E-state index in [1.54, 1.807) is 42.2 Å². The summed E-state index contributed by atoms with van der Waals surface area (Å²) < 4.78 is 25.4. The van der Waals surface area contributed by atoms with Crippen LogP contribution in [0.25, 0.3) is 0 Å². The van der Waals surface area contributed by atoms with Crippen molar-refractivity contribution in [3.05, 3.63) is 30.3 Å². The quantitative estimate of drug-likeness (QED) is 0.802. The van der Waals surface area contributed by atoms with E-state index in [1.165, 1.54) is 0 Å². The standard InChI is InChI=1S/C19H26N2O4S/c1-15(22)20-11-7-16(8-12-20)19(23)21-13-9-18(10-14-21)26(24,25)17-5-3-2-4-6-17/h2-6,16,18H,7-14H2,1H3. The zero-order valence-corrected chi connectivity index (χ0v) is 16.0. The number of hydrogen-bond donors (Lipinski definition) is 0. The smallest absolute Gasteiger partial charge is 0.225 e. The molecule has 7 heteroatoms. The van der Waals surface area contributed by atoms with Gasteiger partial charge in [-0.15, -0.1) is 0 Å². The van der Waals surface area contributed by atoms with E-state index >= 15 is 0 Å². The Morgan fingerprint density at radius 3 is 1.96 bits per heavy atom. The largest absolute Gasteiger partial charge is 0.343 e. The number of piperidine rings is 2. The fourth-order valence-electron chi connectivity index (χ4n) is 3.89. The highest BCUT2D eigenvalue weighted by atomic mass is 32.2. The van der Waals surface area contributed by atoms with Gasteiger partial charge in [0.15, 0.2) is 9.84 Å². The van der Waals surface area contributed by atoms with Crippen molar-refractivity contribution in [2.45, 2.75) is 42.8 Å². The van der Waals surface area contributed by atoms with Crippen molar-refractivity contribution in [3.63, 3.8) is 0 Å². The maximum absolute atomic E-state index is 12.7. The predicted molar refractivity (Wildman–Crippen MR) is 98.2 cm³/mol. The van der Waals surface area contributed by atoms with Crippen LogP contribution in [0.3, 0.4) is 0 Å². The third-order valence-electron chi connectivity index (χ3n) is 5.55. The Labute approximate surface area is 155 Å². The van der Waals surface area contributed by atoms with Gasteiger partial charge in [-0.1, -0.05) is 18.2 Å². The summed E-state index contributed by atoms with van der Waals surface area (Å²) in [5, 5.41) is -0.423. The number of hydrogen-bond acceptors (Lipinski definition) is 4. The van der Waals surface area contributed by atoms with E-state index in [0.29, 0.717) is 56.8 Å². The lowest BCUT2D eigenvalue weighted by Gasteiger charge is -2.37. The third kappa shape index (κ3) is 3.92. The first-order valence-electron chi connectivity index (χ1n) is 9.23. The highest BCUT2D eigenvalue weighted by molar-refractivity contribution is 7.92. The second-order valence-corrected chi connectivity index (χ2v) is 9.39. The minimum Gasteiger partial charge on any atom is -0.343 e. The molecule has 1 aromatic carbocycles. The molecule has 2 amide bonds. The van der Waals surface area contributed by atoms with Crippen molar-refractivity contribution in [2.75, 3.05) is 26.2 Å². The Hall–Kier alpha value is -1.89. The highest BCUT2D eigenvalue weighted by Gasteiger charge is 2.35. The normalized spacial score (nSPS) is 20.2. The average Bonchev–Trinajstić information content (AvgIpc) is 2.68. The first-order valence-corrected chi connectivity index (χ1v) is 10.8. The van der Waals surface area contributed by atoms with Gasteiger partial charge in [0, 0.05) is 39.0 Å². The van der Waals surface area contributed by atoms with Crippen molar-refractivity contribution in [1.29, 1.82) is 0 Å². The topological polar surface area (TPSA) is 74.8 Å². The molecule has 1 aromatic rings. The van der Waals surface area contributed by atoms with Crippen LogP contribution in [0.2, 0.25) is 0 Å². The van der Waals surface area contributed by atoms with E-state index in [9.17, 15) is 18.0 Å². The fourth-order valence-corrected chi connectivity index (χ4v) is 5.64. The van der Waals surface area contributed by atoms with E-state index in [1.807, 2.05) is 4.90 Å². The molecule has 0 N–H and O–H groups in total. The van der Waals surface area contributed by atoms with Gasteiger partial charge in [0.05, 0.1) is 10.1 Å². The van der Waals surface area contributed by atoms with Gasteiger partial charge >= 0.3 is 0 Å². The first-order chi connectivity index (χ1) is 12.4. The maximum Gasteiger partial charge on any atom is 0.225 e. The van der Waals surface area contributed by atoms with E-state index in [2.05, 4.69) is 0 Å². The number of carbonyl (C=O) groups excluding carboxylic acids is 2. The van der Waals surface area contributed by atoms with Gasteiger partial charge < -0.3 is 9.80 Å². The third-order valence-corrected chi connectivity index (χ3v) is 7.83. The van der Waals surface area contributed by atoms with E-state index in [-0.39, 0.29) is 17.7 Å². The molecule has 2 aliphatic rings. The molecule has 0 aromatic heterocycles. The predicted octanol–water partition coefficient (Wildman–Crippen LogP) is 1.71. The van der Waals surface area contributed by atoms with Crippen molar-refractivity contribution >= 4 is 21.7 Å². The number of amides is 2. The molecule has 142 valence electrons. The molecule has 0 radical (unpaired) electrons. The molecule has 2 aliphatic heterocycles. The molecule has 0 atom stereocenters. The van der Waals surface area contributed by atoms with Gasteiger partial charge in [0.1, 0.15) is 0 Å². The maximum atomic E-state index is 12.7.